The average Bonchev–Trinajstić information content (AvgIpc) is 3.07. The summed E-state index contributed by atoms with van der Waals surface area (Å²) in [6.07, 6.45) is 1.17. The summed E-state index contributed by atoms with van der Waals surface area (Å²) < 4.78 is 18.5. The predicted octanol–water partition coefficient (Wildman–Crippen LogP) is 3.77. The lowest BCUT2D eigenvalue weighted by Gasteiger charge is -2.31. The summed E-state index contributed by atoms with van der Waals surface area (Å²) in [6, 6.07) is 10.9. The van der Waals surface area contributed by atoms with Crippen LogP contribution in [0.3, 0.4) is 0 Å². The molecule has 0 saturated carbocycles. The fourth-order valence-electron chi connectivity index (χ4n) is 3.48. The summed E-state index contributed by atoms with van der Waals surface area (Å²) in [5.74, 6) is -0.145. The summed E-state index contributed by atoms with van der Waals surface area (Å²) in [7, 11) is 0. The molecule has 1 aliphatic heterocycles. The number of carbonyl (C=O) groups is 2. The number of nitrogens with one attached hydrogen (secondary N) is 1. The van der Waals surface area contributed by atoms with Gasteiger partial charge in [0.25, 0.3) is 5.91 Å². The van der Waals surface area contributed by atoms with E-state index < -0.39 is 0 Å². The molecule has 28 heavy (non-hydrogen) atoms. The van der Waals surface area contributed by atoms with Crippen LogP contribution in [0.2, 0.25) is 0 Å². The Morgan fingerprint density at radius 3 is 2.57 bits per heavy atom. The summed E-state index contributed by atoms with van der Waals surface area (Å²) in [5.41, 5.74) is 2.52. The first-order valence-electron chi connectivity index (χ1n) is 9.22. The number of likely N-dealkylation sites (tertiary alicyclic amines) is 1. The van der Waals surface area contributed by atoms with Gasteiger partial charge in [-0.15, -0.1) is 0 Å². The third-order valence-electron chi connectivity index (χ3n) is 5.01. The lowest BCUT2D eigenvalue weighted by molar-refractivity contribution is -0.121. The first-order valence-corrected chi connectivity index (χ1v) is 9.22. The maximum absolute atomic E-state index is 13.0. The van der Waals surface area contributed by atoms with Gasteiger partial charge in [0.05, 0.1) is 0 Å². The van der Waals surface area contributed by atoms with Crippen LogP contribution >= 0.6 is 0 Å². The first kappa shape index (κ1) is 18.2. The Bertz CT molecular complexity index is 1020. The Balaban J connectivity index is 1.35. The number of benzene rings is 2. The summed E-state index contributed by atoms with van der Waals surface area (Å²) in [6.45, 7) is 2.77. The molecule has 0 aliphatic carbocycles. The van der Waals surface area contributed by atoms with Gasteiger partial charge < -0.3 is 14.6 Å². The number of aryl methyl sites for hydroxylation is 1. The van der Waals surface area contributed by atoms with Crippen molar-refractivity contribution in [3.8, 4) is 0 Å². The van der Waals surface area contributed by atoms with Gasteiger partial charge >= 0.3 is 0 Å². The van der Waals surface area contributed by atoms with Gasteiger partial charge in [-0.05, 0) is 55.3 Å². The zero-order valence-electron chi connectivity index (χ0n) is 15.4. The van der Waals surface area contributed by atoms with E-state index >= 15 is 0 Å². The minimum absolute atomic E-state index is 0.0616. The van der Waals surface area contributed by atoms with Crippen LogP contribution in [0.1, 0.15) is 29.1 Å². The number of halogens is 1. The molecule has 0 unspecified atom stereocenters. The van der Waals surface area contributed by atoms with E-state index in [1.165, 1.54) is 24.3 Å². The van der Waals surface area contributed by atoms with Crippen molar-refractivity contribution in [1.82, 2.24) is 9.88 Å². The Labute approximate surface area is 161 Å². The number of piperidine rings is 1. The van der Waals surface area contributed by atoms with Crippen molar-refractivity contribution >= 4 is 28.6 Å². The Morgan fingerprint density at radius 1 is 1.14 bits per heavy atom. The zero-order chi connectivity index (χ0) is 19.7. The fourth-order valence-corrected chi connectivity index (χ4v) is 3.48. The van der Waals surface area contributed by atoms with Gasteiger partial charge in [-0.2, -0.15) is 0 Å². The molecule has 0 atom stereocenters. The van der Waals surface area contributed by atoms with Crippen LogP contribution in [0.5, 0.6) is 0 Å². The largest absolute Gasteiger partial charge is 0.441 e. The number of rotatable bonds is 3. The number of carbonyl (C=O) groups excluding carboxylic acids is 2. The Kier molecular flexibility index (Phi) is 4.81. The smallest absolute Gasteiger partial charge is 0.253 e. The van der Waals surface area contributed by atoms with E-state index in [0.717, 1.165) is 0 Å². The fraction of sp³-hybridized carbons (Fsp3) is 0.286. The van der Waals surface area contributed by atoms with Crippen LogP contribution in [-0.2, 0) is 4.79 Å². The van der Waals surface area contributed by atoms with Crippen molar-refractivity contribution < 1.29 is 18.4 Å². The second-order valence-electron chi connectivity index (χ2n) is 6.98. The van der Waals surface area contributed by atoms with Crippen molar-refractivity contribution in [2.75, 3.05) is 18.4 Å². The van der Waals surface area contributed by atoms with Gasteiger partial charge in [0.2, 0.25) is 5.91 Å². The van der Waals surface area contributed by atoms with Gasteiger partial charge in [0.15, 0.2) is 11.5 Å². The third kappa shape index (κ3) is 3.74. The van der Waals surface area contributed by atoms with E-state index in [0.29, 0.717) is 54.2 Å². The van der Waals surface area contributed by atoms with Crippen molar-refractivity contribution in [3.05, 3.63) is 59.7 Å². The molecule has 1 saturated heterocycles. The normalized spacial score (nSPS) is 15.0. The highest BCUT2D eigenvalue weighted by Crippen LogP contribution is 2.23. The molecule has 7 heteroatoms. The number of amides is 2. The highest BCUT2D eigenvalue weighted by Gasteiger charge is 2.28. The van der Waals surface area contributed by atoms with Crippen LogP contribution < -0.4 is 5.32 Å². The zero-order valence-corrected chi connectivity index (χ0v) is 15.4. The Morgan fingerprint density at radius 2 is 1.86 bits per heavy atom. The second kappa shape index (κ2) is 7.42. The number of anilines is 1. The van der Waals surface area contributed by atoms with Crippen molar-refractivity contribution in [2.45, 2.75) is 19.8 Å². The number of oxazole rings is 1. The molecule has 2 amide bonds. The van der Waals surface area contributed by atoms with E-state index in [2.05, 4.69) is 10.3 Å². The molecule has 6 nitrogen and oxygen atoms in total. The molecular formula is C21H20FN3O3. The minimum atomic E-state index is -0.370. The highest BCUT2D eigenvalue weighted by atomic mass is 19.1. The van der Waals surface area contributed by atoms with Crippen molar-refractivity contribution in [2.24, 2.45) is 5.92 Å². The standard InChI is InChI=1S/C21H20FN3O3/c1-13-23-18-12-17(6-7-19(18)28-13)24-20(26)14-8-10-25(11-9-14)21(27)15-2-4-16(22)5-3-15/h2-7,12,14H,8-11H2,1H3,(H,24,26). The maximum atomic E-state index is 13.0. The van der Waals surface area contributed by atoms with E-state index in [-0.39, 0.29) is 23.5 Å². The molecule has 0 radical (unpaired) electrons. The number of hydrogen-bond donors (Lipinski definition) is 1. The summed E-state index contributed by atoms with van der Waals surface area (Å²) >= 11 is 0. The van der Waals surface area contributed by atoms with Crippen LogP contribution in [-0.4, -0.2) is 34.8 Å². The summed E-state index contributed by atoms with van der Waals surface area (Å²) in [5, 5.41) is 2.93. The number of hydrogen-bond acceptors (Lipinski definition) is 4. The molecule has 2 heterocycles. The quantitative estimate of drug-likeness (QED) is 0.749. The van der Waals surface area contributed by atoms with E-state index in [1.54, 1.807) is 30.0 Å². The third-order valence-corrected chi connectivity index (χ3v) is 5.01. The Hall–Kier alpha value is -3.22. The van der Waals surface area contributed by atoms with E-state index in [1.807, 2.05) is 0 Å². The van der Waals surface area contributed by atoms with Crippen LogP contribution in [0, 0.1) is 18.7 Å². The van der Waals surface area contributed by atoms with E-state index in [9.17, 15) is 14.0 Å². The molecule has 2 aromatic carbocycles. The molecular weight excluding hydrogens is 361 g/mol. The van der Waals surface area contributed by atoms with Crippen LogP contribution in [0.15, 0.2) is 46.9 Å². The van der Waals surface area contributed by atoms with E-state index in [4.69, 9.17) is 4.42 Å². The SMILES string of the molecule is Cc1nc2cc(NC(=O)C3CCN(C(=O)c4ccc(F)cc4)CC3)ccc2o1. The van der Waals surface area contributed by atoms with Crippen molar-refractivity contribution in [3.63, 3.8) is 0 Å². The number of aromatic nitrogens is 1. The highest BCUT2D eigenvalue weighted by molar-refractivity contribution is 5.96. The predicted molar refractivity (Wildman–Crippen MR) is 102 cm³/mol. The average molecular weight is 381 g/mol. The lowest BCUT2D eigenvalue weighted by atomic mass is 9.95. The topological polar surface area (TPSA) is 75.4 Å². The molecule has 1 N–H and O–H groups in total. The molecule has 1 aliphatic rings. The molecule has 1 aromatic heterocycles. The second-order valence-corrected chi connectivity index (χ2v) is 6.98. The first-order chi connectivity index (χ1) is 13.5. The van der Waals surface area contributed by atoms with Crippen LogP contribution in [0.4, 0.5) is 10.1 Å². The number of fused-ring (bicyclic) bond motifs is 1. The van der Waals surface area contributed by atoms with Gasteiger partial charge in [0, 0.05) is 37.2 Å². The molecule has 1 fully saturated rings. The minimum Gasteiger partial charge on any atom is -0.441 e. The molecule has 144 valence electrons. The maximum Gasteiger partial charge on any atom is 0.253 e. The molecule has 3 aromatic rings. The van der Waals surface area contributed by atoms with Crippen molar-refractivity contribution in [1.29, 1.82) is 0 Å². The molecule has 0 spiro atoms. The van der Waals surface area contributed by atoms with Gasteiger partial charge in [-0.25, -0.2) is 9.37 Å². The monoisotopic (exact) mass is 381 g/mol. The van der Waals surface area contributed by atoms with Gasteiger partial charge in [-0.1, -0.05) is 0 Å². The molecule has 0 bridgehead atoms. The van der Waals surface area contributed by atoms with Gasteiger partial charge in [-0.3, -0.25) is 9.59 Å². The molecule has 4 rings (SSSR count). The lowest BCUT2D eigenvalue weighted by Crippen LogP contribution is -2.41. The number of nitrogens with zero attached hydrogens (tertiary/aromatic N) is 2. The van der Waals surface area contributed by atoms with Crippen LogP contribution in [0.25, 0.3) is 11.1 Å². The summed E-state index contributed by atoms with van der Waals surface area (Å²) in [4.78, 5) is 31.1. The van der Waals surface area contributed by atoms with Gasteiger partial charge in [0.1, 0.15) is 11.3 Å².